The van der Waals surface area contributed by atoms with E-state index in [1.54, 1.807) is 11.9 Å². The van der Waals surface area contributed by atoms with Crippen LogP contribution in [0.3, 0.4) is 0 Å². The molecule has 2 heterocycles. The van der Waals surface area contributed by atoms with E-state index < -0.39 is 0 Å². The van der Waals surface area contributed by atoms with Gasteiger partial charge in [0.25, 0.3) is 0 Å². The Morgan fingerprint density at radius 3 is 2.80 bits per heavy atom. The summed E-state index contributed by atoms with van der Waals surface area (Å²) in [5.74, 6) is 1.28. The van der Waals surface area contributed by atoms with Crippen LogP contribution in [0.2, 0.25) is 0 Å². The van der Waals surface area contributed by atoms with E-state index in [0.29, 0.717) is 18.4 Å². The SMILES string of the molecule is CNC(=O)C1CCCN(c2nc(N)nc(N(C)C)n2)C1. The van der Waals surface area contributed by atoms with Gasteiger partial charge in [-0.2, -0.15) is 15.0 Å². The zero-order valence-electron chi connectivity index (χ0n) is 12.1. The maximum Gasteiger partial charge on any atom is 0.231 e. The van der Waals surface area contributed by atoms with Gasteiger partial charge in [-0.1, -0.05) is 0 Å². The van der Waals surface area contributed by atoms with E-state index in [2.05, 4.69) is 20.3 Å². The molecule has 2 rings (SSSR count). The summed E-state index contributed by atoms with van der Waals surface area (Å²) in [7, 11) is 5.36. The summed E-state index contributed by atoms with van der Waals surface area (Å²) >= 11 is 0. The average molecular weight is 279 g/mol. The molecular formula is C12H21N7O. The summed E-state index contributed by atoms with van der Waals surface area (Å²) in [4.78, 5) is 28.2. The molecular weight excluding hydrogens is 258 g/mol. The first-order chi connectivity index (χ1) is 9.51. The van der Waals surface area contributed by atoms with E-state index >= 15 is 0 Å². The van der Waals surface area contributed by atoms with Gasteiger partial charge in [-0.15, -0.1) is 0 Å². The molecule has 110 valence electrons. The number of nitrogens with two attached hydrogens (primary N) is 1. The van der Waals surface area contributed by atoms with E-state index in [9.17, 15) is 4.79 Å². The molecule has 1 fully saturated rings. The Morgan fingerprint density at radius 1 is 1.40 bits per heavy atom. The monoisotopic (exact) mass is 279 g/mol. The summed E-state index contributed by atoms with van der Waals surface area (Å²) in [5.41, 5.74) is 5.73. The Balaban J connectivity index is 2.20. The number of anilines is 3. The quantitative estimate of drug-likeness (QED) is 0.768. The third kappa shape index (κ3) is 3.06. The highest BCUT2D eigenvalue weighted by Crippen LogP contribution is 2.22. The number of carbonyl (C=O) groups is 1. The highest BCUT2D eigenvalue weighted by Gasteiger charge is 2.27. The minimum absolute atomic E-state index is 0.0328. The van der Waals surface area contributed by atoms with E-state index in [1.807, 2.05) is 19.0 Å². The van der Waals surface area contributed by atoms with Crippen LogP contribution >= 0.6 is 0 Å². The molecule has 0 aliphatic carbocycles. The van der Waals surface area contributed by atoms with E-state index in [4.69, 9.17) is 5.73 Å². The minimum atomic E-state index is -0.0328. The van der Waals surface area contributed by atoms with Crippen molar-refractivity contribution in [1.29, 1.82) is 0 Å². The van der Waals surface area contributed by atoms with Gasteiger partial charge in [0.2, 0.25) is 23.8 Å². The second-order valence-corrected chi connectivity index (χ2v) is 5.09. The van der Waals surface area contributed by atoms with Gasteiger partial charge < -0.3 is 20.9 Å². The Bertz CT molecular complexity index is 491. The van der Waals surface area contributed by atoms with Gasteiger partial charge in [0, 0.05) is 34.2 Å². The fourth-order valence-corrected chi connectivity index (χ4v) is 2.29. The first-order valence-electron chi connectivity index (χ1n) is 6.66. The summed E-state index contributed by atoms with van der Waals surface area (Å²) in [5, 5.41) is 2.70. The van der Waals surface area contributed by atoms with Crippen molar-refractivity contribution in [1.82, 2.24) is 20.3 Å². The topological polar surface area (TPSA) is 100 Å². The highest BCUT2D eigenvalue weighted by atomic mass is 16.1. The molecule has 0 saturated carbocycles. The third-order valence-corrected chi connectivity index (χ3v) is 3.35. The standard InChI is InChI=1S/C12H21N7O/c1-14-9(20)8-5-4-6-19(7-8)12-16-10(13)15-11(17-12)18(2)3/h8H,4-7H2,1-3H3,(H,14,20)(H2,13,15,16,17). The number of nitrogens with zero attached hydrogens (tertiary/aromatic N) is 5. The largest absolute Gasteiger partial charge is 0.368 e. The van der Waals surface area contributed by atoms with Crippen LogP contribution in [-0.2, 0) is 4.79 Å². The molecule has 1 amide bonds. The van der Waals surface area contributed by atoms with Crippen molar-refractivity contribution < 1.29 is 4.79 Å². The van der Waals surface area contributed by atoms with E-state index in [1.165, 1.54) is 0 Å². The van der Waals surface area contributed by atoms with Crippen molar-refractivity contribution in [2.45, 2.75) is 12.8 Å². The Hall–Kier alpha value is -2.12. The molecule has 1 aliphatic rings. The van der Waals surface area contributed by atoms with Gasteiger partial charge in [0.05, 0.1) is 5.92 Å². The zero-order chi connectivity index (χ0) is 14.7. The van der Waals surface area contributed by atoms with Crippen molar-refractivity contribution in [3.05, 3.63) is 0 Å². The molecule has 1 aromatic heterocycles. The molecule has 0 radical (unpaired) electrons. The first kappa shape index (κ1) is 14.3. The Morgan fingerprint density at radius 2 is 2.15 bits per heavy atom. The van der Waals surface area contributed by atoms with Crippen molar-refractivity contribution in [2.24, 2.45) is 5.92 Å². The van der Waals surface area contributed by atoms with Crippen LogP contribution in [0.15, 0.2) is 0 Å². The fraction of sp³-hybridized carbons (Fsp3) is 0.667. The van der Waals surface area contributed by atoms with Crippen LogP contribution in [-0.4, -0.2) is 55.1 Å². The van der Waals surface area contributed by atoms with E-state index in [-0.39, 0.29) is 17.8 Å². The summed E-state index contributed by atoms with van der Waals surface area (Å²) in [6.07, 6.45) is 1.82. The molecule has 1 unspecified atom stereocenters. The molecule has 1 atom stereocenters. The Labute approximate surface area is 118 Å². The van der Waals surface area contributed by atoms with Gasteiger partial charge in [-0.3, -0.25) is 4.79 Å². The number of hydrogen-bond donors (Lipinski definition) is 2. The van der Waals surface area contributed by atoms with Gasteiger partial charge in [0.1, 0.15) is 0 Å². The lowest BCUT2D eigenvalue weighted by Crippen LogP contribution is -2.43. The summed E-state index contributed by atoms with van der Waals surface area (Å²) < 4.78 is 0. The lowest BCUT2D eigenvalue weighted by atomic mass is 9.97. The lowest BCUT2D eigenvalue weighted by molar-refractivity contribution is -0.124. The van der Waals surface area contributed by atoms with Crippen LogP contribution < -0.4 is 20.9 Å². The van der Waals surface area contributed by atoms with Gasteiger partial charge >= 0.3 is 0 Å². The molecule has 8 nitrogen and oxygen atoms in total. The van der Waals surface area contributed by atoms with Crippen LogP contribution in [0.5, 0.6) is 0 Å². The molecule has 0 spiro atoms. The molecule has 20 heavy (non-hydrogen) atoms. The average Bonchev–Trinajstić information content (AvgIpc) is 2.45. The number of nitrogens with one attached hydrogen (secondary N) is 1. The molecule has 1 aromatic rings. The number of nitrogen functional groups attached to an aromatic ring is 1. The predicted molar refractivity (Wildman–Crippen MR) is 77.6 cm³/mol. The zero-order valence-corrected chi connectivity index (χ0v) is 12.1. The number of hydrogen-bond acceptors (Lipinski definition) is 7. The smallest absolute Gasteiger partial charge is 0.231 e. The summed E-state index contributed by atoms with van der Waals surface area (Å²) in [6.45, 7) is 1.43. The predicted octanol–water partition coefficient (Wildman–Crippen LogP) is -0.518. The maximum absolute atomic E-state index is 11.8. The molecule has 0 bridgehead atoms. The molecule has 8 heteroatoms. The third-order valence-electron chi connectivity index (χ3n) is 3.35. The van der Waals surface area contributed by atoms with Gasteiger partial charge in [-0.05, 0) is 12.8 Å². The van der Waals surface area contributed by atoms with Crippen molar-refractivity contribution in [2.75, 3.05) is 49.8 Å². The van der Waals surface area contributed by atoms with E-state index in [0.717, 1.165) is 19.4 Å². The van der Waals surface area contributed by atoms with Crippen LogP contribution in [0.4, 0.5) is 17.8 Å². The number of rotatable bonds is 3. The minimum Gasteiger partial charge on any atom is -0.368 e. The van der Waals surface area contributed by atoms with Crippen LogP contribution in [0.1, 0.15) is 12.8 Å². The second kappa shape index (κ2) is 5.89. The highest BCUT2D eigenvalue weighted by molar-refractivity contribution is 5.79. The Kier molecular flexibility index (Phi) is 4.21. The second-order valence-electron chi connectivity index (χ2n) is 5.09. The van der Waals surface area contributed by atoms with Crippen molar-refractivity contribution in [3.8, 4) is 0 Å². The maximum atomic E-state index is 11.8. The van der Waals surface area contributed by atoms with Crippen LogP contribution in [0.25, 0.3) is 0 Å². The van der Waals surface area contributed by atoms with Crippen molar-refractivity contribution >= 4 is 23.8 Å². The molecule has 3 N–H and O–H groups in total. The molecule has 1 saturated heterocycles. The number of carbonyl (C=O) groups excluding carboxylic acids is 1. The number of aromatic nitrogens is 3. The fourth-order valence-electron chi connectivity index (χ4n) is 2.29. The number of amides is 1. The van der Waals surface area contributed by atoms with Gasteiger partial charge in [-0.25, -0.2) is 0 Å². The molecule has 0 aromatic carbocycles. The van der Waals surface area contributed by atoms with Crippen LogP contribution in [0, 0.1) is 5.92 Å². The van der Waals surface area contributed by atoms with Gasteiger partial charge in [0.15, 0.2) is 0 Å². The normalized spacial score (nSPS) is 18.8. The summed E-state index contributed by atoms with van der Waals surface area (Å²) in [6, 6.07) is 0. The number of piperidine rings is 1. The van der Waals surface area contributed by atoms with Crippen molar-refractivity contribution in [3.63, 3.8) is 0 Å². The molecule has 1 aliphatic heterocycles. The lowest BCUT2D eigenvalue weighted by Gasteiger charge is -2.32. The first-order valence-corrected chi connectivity index (χ1v) is 6.66.